The second-order valence-electron chi connectivity index (χ2n) is 9.53. The zero-order valence-electron chi connectivity index (χ0n) is 21.5. The summed E-state index contributed by atoms with van der Waals surface area (Å²) in [6.07, 6.45) is 0.562. The van der Waals surface area contributed by atoms with Crippen LogP contribution in [0.3, 0.4) is 0 Å². The van der Waals surface area contributed by atoms with E-state index in [2.05, 4.69) is 20.6 Å². The molecule has 3 rings (SSSR count). The predicted molar refractivity (Wildman–Crippen MR) is 132 cm³/mol. The average Bonchev–Trinajstić information content (AvgIpc) is 2.88. The van der Waals surface area contributed by atoms with Gasteiger partial charge in [0.15, 0.2) is 5.69 Å². The minimum absolute atomic E-state index is 0.0990. The molecule has 1 saturated heterocycles. The molecular weight excluding hydrogens is 496 g/mol. The zero-order chi connectivity index (χ0) is 28.0. The van der Waals surface area contributed by atoms with Crippen LogP contribution in [0, 0.1) is 11.8 Å². The van der Waals surface area contributed by atoms with Gasteiger partial charge in [-0.1, -0.05) is 19.9 Å². The molecular formula is C26H32N4O8. The third-order valence-electron chi connectivity index (χ3n) is 6.23. The summed E-state index contributed by atoms with van der Waals surface area (Å²) >= 11 is 0. The second-order valence-corrected chi connectivity index (χ2v) is 9.53. The number of aliphatic hydroxyl groups excluding tert-OH is 1. The molecule has 6 atom stereocenters. The number of aromatic nitrogens is 2. The first-order chi connectivity index (χ1) is 18.0. The van der Waals surface area contributed by atoms with Crippen molar-refractivity contribution in [2.75, 3.05) is 0 Å². The lowest BCUT2D eigenvalue weighted by molar-refractivity contribution is -0.180. The molecule has 0 spiro atoms. The highest BCUT2D eigenvalue weighted by atomic mass is 16.6. The van der Waals surface area contributed by atoms with Crippen LogP contribution >= 0.6 is 0 Å². The molecule has 38 heavy (non-hydrogen) atoms. The van der Waals surface area contributed by atoms with Crippen LogP contribution in [0.5, 0.6) is 5.75 Å². The molecule has 0 saturated carbocycles. The Bertz CT molecular complexity index is 1160. The Morgan fingerprint density at radius 2 is 1.82 bits per heavy atom. The molecule has 1 fully saturated rings. The number of rotatable bonds is 5. The normalized spacial score (nSPS) is 26.8. The molecule has 1 aliphatic heterocycles. The highest BCUT2D eigenvalue weighted by molar-refractivity contribution is 5.98. The fraction of sp³-hybridized carbons (Fsp3) is 0.462. The van der Waals surface area contributed by atoms with Gasteiger partial charge in [0.1, 0.15) is 17.9 Å². The number of hydrogen-bond donors (Lipinski definition) is 4. The van der Waals surface area contributed by atoms with Crippen LogP contribution in [-0.2, 0) is 30.3 Å². The van der Waals surface area contributed by atoms with Gasteiger partial charge >= 0.3 is 11.9 Å². The quantitative estimate of drug-likeness (QED) is 0.400. The maximum absolute atomic E-state index is 13.5. The van der Waals surface area contributed by atoms with E-state index < -0.39 is 71.7 Å². The number of amides is 2. The van der Waals surface area contributed by atoms with E-state index in [0.29, 0.717) is 5.56 Å². The summed E-state index contributed by atoms with van der Waals surface area (Å²) in [5, 5.41) is 26.3. The lowest BCUT2D eigenvalue weighted by Crippen LogP contribution is -2.59. The van der Waals surface area contributed by atoms with Crippen LogP contribution < -0.4 is 10.6 Å². The Kier molecular flexibility index (Phi) is 9.35. The molecule has 4 N–H and O–H groups in total. The first-order valence-corrected chi connectivity index (χ1v) is 12.2. The molecule has 2 aromatic rings. The number of nitrogens with zero attached hydrogens (tertiary/aromatic N) is 2. The number of nitrogens with one attached hydrogen (secondary N) is 2. The molecule has 0 aliphatic carbocycles. The number of carbonyl (C=O) groups is 4. The van der Waals surface area contributed by atoms with E-state index >= 15 is 0 Å². The molecule has 0 unspecified atom stereocenters. The number of pyridine rings is 2. The van der Waals surface area contributed by atoms with Crippen LogP contribution in [0.15, 0.2) is 42.9 Å². The SMILES string of the molecule is CC(C)[C@@H]1OC(=O)[C@H](C)[C@@H](O)[C@H](Cc2cccnc2)NC(=O)[C@@H](NC(=O)c2ncccc2O)[C@@H](C)OC1=O. The summed E-state index contributed by atoms with van der Waals surface area (Å²) in [5.74, 6) is -5.43. The second kappa shape index (κ2) is 12.5. The van der Waals surface area contributed by atoms with Gasteiger partial charge in [-0.2, -0.15) is 0 Å². The Balaban J connectivity index is 1.99. The smallest absolute Gasteiger partial charge is 0.348 e. The van der Waals surface area contributed by atoms with Gasteiger partial charge < -0.3 is 30.3 Å². The van der Waals surface area contributed by atoms with Crippen molar-refractivity contribution in [2.45, 2.75) is 64.5 Å². The van der Waals surface area contributed by atoms with Gasteiger partial charge in [0, 0.05) is 24.5 Å². The standard InChI is InChI=1S/C26H32N4O8/c1-13(2)22-26(36)37-15(4)19(30-24(34)20-18(31)8-6-10-28-20)23(33)29-17(11-16-7-5-9-27-12-16)21(32)14(3)25(35)38-22/h5-10,12-15,17,19,21-22,31-32H,11H2,1-4H3,(H,29,33)(H,30,34)/t14-,15-,17+,19+,21-,22+/m1/s1. The number of carbonyl (C=O) groups excluding carboxylic acids is 4. The Labute approximate surface area is 219 Å². The van der Waals surface area contributed by atoms with Crippen molar-refractivity contribution >= 4 is 23.8 Å². The number of aromatic hydroxyl groups is 1. The Morgan fingerprint density at radius 1 is 1.11 bits per heavy atom. The fourth-order valence-electron chi connectivity index (χ4n) is 3.97. The molecule has 12 nitrogen and oxygen atoms in total. The first kappa shape index (κ1) is 28.5. The summed E-state index contributed by atoms with van der Waals surface area (Å²) in [4.78, 5) is 60.1. The molecule has 204 valence electrons. The lowest BCUT2D eigenvalue weighted by atomic mass is 9.92. The molecule has 2 aromatic heterocycles. The van der Waals surface area contributed by atoms with E-state index in [1.165, 1.54) is 32.2 Å². The van der Waals surface area contributed by atoms with Crippen molar-refractivity contribution in [3.8, 4) is 5.75 Å². The van der Waals surface area contributed by atoms with E-state index in [4.69, 9.17) is 9.47 Å². The van der Waals surface area contributed by atoms with Crippen molar-refractivity contribution in [3.05, 3.63) is 54.1 Å². The number of hydrogen-bond acceptors (Lipinski definition) is 10. The van der Waals surface area contributed by atoms with Crippen molar-refractivity contribution in [3.63, 3.8) is 0 Å². The highest BCUT2D eigenvalue weighted by Crippen LogP contribution is 2.20. The molecule has 2 amide bonds. The topological polar surface area (TPSA) is 177 Å². The van der Waals surface area contributed by atoms with Gasteiger partial charge in [-0.15, -0.1) is 0 Å². The number of esters is 2. The van der Waals surface area contributed by atoms with Crippen LogP contribution in [-0.4, -0.2) is 74.3 Å². The summed E-state index contributed by atoms with van der Waals surface area (Å²) in [7, 11) is 0. The largest absolute Gasteiger partial charge is 0.505 e. The summed E-state index contributed by atoms with van der Waals surface area (Å²) in [5.41, 5.74) is 0.336. The number of cyclic esters (lactones) is 2. The lowest BCUT2D eigenvalue weighted by Gasteiger charge is -2.33. The summed E-state index contributed by atoms with van der Waals surface area (Å²) < 4.78 is 10.9. The third kappa shape index (κ3) is 6.82. The third-order valence-corrected chi connectivity index (χ3v) is 6.23. The monoisotopic (exact) mass is 528 g/mol. The number of aliphatic hydroxyl groups is 1. The summed E-state index contributed by atoms with van der Waals surface area (Å²) in [6.45, 7) is 6.12. The van der Waals surface area contributed by atoms with E-state index in [9.17, 15) is 29.4 Å². The van der Waals surface area contributed by atoms with Gasteiger partial charge in [0.2, 0.25) is 12.0 Å². The predicted octanol–water partition coefficient (Wildman–Crippen LogP) is 0.518. The summed E-state index contributed by atoms with van der Waals surface area (Å²) in [6, 6.07) is 3.67. The number of ether oxygens (including phenoxy) is 2. The molecule has 0 bridgehead atoms. The van der Waals surface area contributed by atoms with Crippen LogP contribution in [0.25, 0.3) is 0 Å². The van der Waals surface area contributed by atoms with Crippen molar-refractivity contribution in [2.24, 2.45) is 11.8 Å². The molecule has 0 aromatic carbocycles. The molecule has 12 heteroatoms. The highest BCUT2D eigenvalue weighted by Gasteiger charge is 2.40. The first-order valence-electron chi connectivity index (χ1n) is 12.2. The Morgan fingerprint density at radius 3 is 2.45 bits per heavy atom. The van der Waals surface area contributed by atoms with E-state index in [1.807, 2.05) is 0 Å². The van der Waals surface area contributed by atoms with Gasteiger partial charge in [-0.3, -0.25) is 19.4 Å². The van der Waals surface area contributed by atoms with Crippen molar-refractivity contribution in [1.82, 2.24) is 20.6 Å². The Hall–Kier alpha value is -4.06. The van der Waals surface area contributed by atoms with E-state index in [0.717, 1.165) is 0 Å². The van der Waals surface area contributed by atoms with Gasteiger partial charge in [0.25, 0.3) is 5.91 Å². The van der Waals surface area contributed by atoms with Crippen LogP contribution in [0.1, 0.15) is 43.7 Å². The van der Waals surface area contributed by atoms with E-state index in [1.54, 1.807) is 38.4 Å². The van der Waals surface area contributed by atoms with Crippen LogP contribution in [0.4, 0.5) is 0 Å². The maximum Gasteiger partial charge on any atom is 0.348 e. The van der Waals surface area contributed by atoms with Gasteiger partial charge in [0.05, 0.1) is 18.1 Å². The van der Waals surface area contributed by atoms with Gasteiger partial charge in [-0.25, -0.2) is 9.78 Å². The molecule has 3 heterocycles. The minimum atomic E-state index is -1.45. The van der Waals surface area contributed by atoms with Crippen molar-refractivity contribution in [1.29, 1.82) is 0 Å². The minimum Gasteiger partial charge on any atom is -0.505 e. The fourth-order valence-corrected chi connectivity index (χ4v) is 3.97. The maximum atomic E-state index is 13.5. The average molecular weight is 529 g/mol. The van der Waals surface area contributed by atoms with Crippen molar-refractivity contribution < 1.29 is 38.9 Å². The van der Waals surface area contributed by atoms with Gasteiger partial charge in [-0.05, 0) is 44.0 Å². The zero-order valence-corrected chi connectivity index (χ0v) is 21.5. The van der Waals surface area contributed by atoms with Crippen LogP contribution in [0.2, 0.25) is 0 Å². The molecule has 1 aliphatic rings. The molecule has 0 radical (unpaired) electrons. The van der Waals surface area contributed by atoms with E-state index in [-0.39, 0.29) is 12.1 Å².